The Labute approximate surface area is 204 Å². The van der Waals surface area contributed by atoms with Crippen LogP contribution in [0.5, 0.6) is 17.2 Å². The van der Waals surface area contributed by atoms with E-state index in [9.17, 15) is 4.79 Å². The Hall–Kier alpha value is -4.26. The predicted molar refractivity (Wildman–Crippen MR) is 134 cm³/mol. The highest BCUT2D eigenvalue weighted by Crippen LogP contribution is 2.37. The van der Waals surface area contributed by atoms with Crippen LogP contribution in [0.1, 0.15) is 18.1 Å². The van der Waals surface area contributed by atoms with Crippen molar-refractivity contribution in [1.82, 2.24) is 9.78 Å². The lowest BCUT2D eigenvalue weighted by Crippen LogP contribution is -2.10. The Morgan fingerprint density at radius 2 is 1.60 bits per heavy atom. The number of hydrogen-bond donors (Lipinski definition) is 1. The van der Waals surface area contributed by atoms with Crippen molar-refractivity contribution in [3.63, 3.8) is 0 Å². The fraction of sp³-hybridized carbons (Fsp3) is 0.214. The average Bonchev–Trinajstić information content (AvgIpc) is 3.30. The summed E-state index contributed by atoms with van der Waals surface area (Å²) in [5.74, 6) is 0.934. The van der Waals surface area contributed by atoms with Crippen molar-refractivity contribution in [1.29, 1.82) is 0 Å². The molecule has 1 aromatic heterocycles. The molecule has 0 fully saturated rings. The van der Waals surface area contributed by atoms with Crippen LogP contribution in [0.25, 0.3) is 22.5 Å². The number of hydrogen-bond acceptors (Lipinski definition) is 5. The maximum absolute atomic E-state index is 11.2. The normalized spacial score (nSPS) is 10.7. The number of aryl methyl sites for hydroxylation is 1. The number of methoxy groups -OCH3 is 2. The zero-order valence-corrected chi connectivity index (χ0v) is 20.0. The number of benzene rings is 3. The van der Waals surface area contributed by atoms with Crippen LogP contribution in [-0.4, -0.2) is 41.7 Å². The molecule has 0 unspecified atom stereocenters. The number of aliphatic carboxylic acids is 1. The van der Waals surface area contributed by atoms with Gasteiger partial charge in [0.2, 0.25) is 0 Å². The fourth-order valence-corrected chi connectivity index (χ4v) is 4.00. The topological polar surface area (TPSA) is 82.8 Å². The van der Waals surface area contributed by atoms with Crippen molar-refractivity contribution < 1.29 is 24.1 Å². The van der Waals surface area contributed by atoms with E-state index in [1.807, 2.05) is 71.4 Å². The van der Waals surface area contributed by atoms with Crippen LogP contribution < -0.4 is 14.2 Å². The van der Waals surface area contributed by atoms with Crippen molar-refractivity contribution in [3.8, 4) is 39.8 Å². The zero-order chi connectivity index (χ0) is 24.8. The second-order valence-electron chi connectivity index (χ2n) is 7.95. The quantitative estimate of drug-likeness (QED) is 0.337. The van der Waals surface area contributed by atoms with Gasteiger partial charge in [-0.1, -0.05) is 43.3 Å². The maximum atomic E-state index is 11.2. The number of nitrogens with zero attached hydrogens (tertiary/aromatic N) is 2. The van der Waals surface area contributed by atoms with Gasteiger partial charge in [-0.25, -0.2) is 4.79 Å². The summed E-state index contributed by atoms with van der Waals surface area (Å²) in [5, 5.41) is 14.1. The van der Waals surface area contributed by atoms with Crippen molar-refractivity contribution >= 4 is 5.97 Å². The smallest absolute Gasteiger partial charge is 0.341 e. The molecule has 0 amide bonds. The van der Waals surface area contributed by atoms with E-state index in [1.54, 1.807) is 20.3 Å². The molecule has 0 saturated carbocycles. The van der Waals surface area contributed by atoms with E-state index in [-0.39, 0.29) is 0 Å². The van der Waals surface area contributed by atoms with E-state index in [0.717, 1.165) is 45.9 Å². The summed E-state index contributed by atoms with van der Waals surface area (Å²) in [6, 6.07) is 23.3. The first kappa shape index (κ1) is 23.9. The van der Waals surface area contributed by atoms with Crippen molar-refractivity contribution in [2.75, 3.05) is 20.8 Å². The van der Waals surface area contributed by atoms with Gasteiger partial charge >= 0.3 is 5.97 Å². The number of rotatable bonds is 10. The number of carboxylic acids is 1. The molecule has 7 nitrogen and oxygen atoms in total. The molecule has 0 aliphatic carbocycles. The van der Waals surface area contributed by atoms with Crippen LogP contribution in [0.4, 0.5) is 0 Å². The first-order valence-corrected chi connectivity index (χ1v) is 11.3. The third kappa shape index (κ3) is 5.30. The standard InChI is InChI=1S/C28H28N2O5/c1-4-19-13-14-27(35-18-28(31)32)22(15-19)23-16-24(21-10-6-8-12-26(21)34-3)30(29-23)17-20-9-5-7-11-25(20)33-2/h5-16H,4,17-18H2,1-3H3,(H,31,32). The molecule has 0 atom stereocenters. The molecule has 0 radical (unpaired) electrons. The third-order valence-corrected chi connectivity index (χ3v) is 5.75. The Balaban J connectivity index is 1.88. The van der Waals surface area contributed by atoms with Gasteiger partial charge in [0, 0.05) is 16.7 Å². The van der Waals surface area contributed by atoms with Gasteiger partial charge in [0.05, 0.1) is 32.2 Å². The lowest BCUT2D eigenvalue weighted by Gasteiger charge is -2.13. The Morgan fingerprint density at radius 3 is 2.31 bits per heavy atom. The van der Waals surface area contributed by atoms with Crippen molar-refractivity contribution in [3.05, 3.63) is 83.9 Å². The molecule has 0 aliphatic rings. The van der Waals surface area contributed by atoms with E-state index >= 15 is 0 Å². The number of ether oxygens (including phenoxy) is 3. The summed E-state index contributed by atoms with van der Waals surface area (Å²) >= 11 is 0. The Kier molecular flexibility index (Phi) is 7.35. The van der Waals surface area contributed by atoms with Crippen LogP contribution in [0.15, 0.2) is 72.8 Å². The molecule has 35 heavy (non-hydrogen) atoms. The highest BCUT2D eigenvalue weighted by Gasteiger charge is 2.19. The summed E-state index contributed by atoms with van der Waals surface area (Å²) in [6.45, 7) is 2.10. The number of carboxylic acid groups (broad SMARTS) is 1. The van der Waals surface area contributed by atoms with E-state index in [0.29, 0.717) is 18.0 Å². The minimum absolute atomic E-state index is 0.431. The summed E-state index contributed by atoms with van der Waals surface area (Å²) < 4.78 is 18.7. The largest absolute Gasteiger partial charge is 0.496 e. The lowest BCUT2D eigenvalue weighted by atomic mass is 10.0. The van der Waals surface area contributed by atoms with Crippen LogP contribution >= 0.6 is 0 Å². The second-order valence-corrected chi connectivity index (χ2v) is 7.95. The molecule has 0 spiro atoms. The number of carbonyl (C=O) groups is 1. The van der Waals surface area contributed by atoms with Gasteiger partial charge in [0.1, 0.15) is 17.2 Å². The molecule has 0 aliphatic heterocycles. The molecule has 1 N–H and O–H groups in total. The fourth-order valence-electron chi connectivity index (χ4n) is 4.00. The number of aromatic nitrogens is 2. The van der Waals surface area contributed by atoms with E-state index in [4.69, 9.17) is 24.4 Å². The summed E-state index contributed by atoms with van der Waals surface area (Å²) in [7, 11) is 3.29. The van der Waals surface area contributed by atoms with Gasteiger partial charge in [-0.05, 0) is 48.4 Å². The first-order chi connectivity index (χ1) is 17.0. The van der Waals surface area contributed by atoms with Gasteiger partial charge in [-0.2, -0.15) is 5.10 Å². The highest BCUT2D eigenvalue weighted by molar-refractivity contribution is 5.76. The van der Waals surface area contributed by atoms with E-state index in [2.05, 4.69) is 6.92 Å². The van der Waals surface area contributed by atoms with Crippen LogP contribution in [-0.2, 0) is 17.8 Å². The molecule has 0 saturated heterocycles. The molecule has 7 heteroatoms. The SMILES string of the molecule is CCc1ccc(OCC(=O)O)c(-c2cc(-c3ccccc3OC)n(Cc3ccccc3OC)n2)c1. The van der Waals surface area contributed by atoms with Gasteiger partial charge in [-0.15, -0.1) is 0 Å². The lowest BCUT2D eigenvalue weighted by molar-refractivity contribution is -0.139. The van der Waals surface area contributed by atoms with Gasteiger partial charge in [0.25, 0.3) is 0 Å². The summed E-state index contributed by atoms with van der Waals surface area (Å²) in [6.07, 6.45) is 0.827. The van der Waals surface area contributed by atoms with Gasteiger partial charge in [0.15, 0.2) is 6.61 Å². The minimum atomic E-state index is -1.04. The minimum Gasteiger partial charge on any atom is -0.496 e. The highest BCUT2D eigenvalue weighted by atomic mass is 16.5. The second kappa shape index (κ2) is 10.8. The molecular formula is C28H28N2O5. The predicted octanol–water partition coefficient (Wildman–Crippen LogP) is 5.31. The molecule has 1 heterocycles. The molecule has 3 aromatic carbocycles. The van der Waals surface area contributed by atoms with Gasteiger partial charge < -0.3 is 19.3 Å². The average molecular weight is 473 g/mol. The van der Waals surface area contributed by atoms with Crippen LogP contribution in [0, 0.1) is 0 Å². The van der Waals surface area contributed by atoms with E-state index < -0.39 is 12.6 Å². The summed E-state index contributed by atoms with van der Waals surface area (Å²) in [5.41, 5.74) is 5.24. The monoisotopic (exact) mass is 472 g/mol. The first-order valence-electron chi connectivity index (χ1n) is 11.3. The van der Waals surface area contributed by atoms with Crippen molar-refractivity contribution in [2.24, 2.45) is 0 Å². The van der Waals surface area contributed by atoms with Crippen LogP contribution in [0.2, 0.25) is 0 Å². The van der Waals surface area contributed by atoms with E-state index in [1.165, 1.54) is 0 Å². The molecule has 180 valence electrons. The summed E-state index contributed by atoms with van der Waals surface area (Å²) in [4.78, 5) is 11.2. The zero-order valence-electron chi connectivity index (χ0n) is 20.0. The molecule has 0 bridgehead atoms. The van der Waals surface area contributed by atoms with Gasteiger partial charge in [-0.3, -0.25) is 4.68 Å². The maximum Gasteiger partial charge on any atom is 0.341 e. The number of para-hydroxylation sites is 2. The van der Waals surface area contributed by atoms with Crippen LogP contribution in [0.3, 0.4) is 0 Å². The molecular weight excluding hydrogens is 444 g/mol. The Morgan fingerprint density at radius 1 is 0.886 bits per heavy atom. The third-order valence-electron chi connectivity index (χ3n) is 5.75. The molecule has 4 aromatic rings. The molecule has 4 rings (SSSR count). The Bertz CT molecular complexity index is 1330. The van der Waals surface area contributed by atoms with Crippen molar-refractivity contribution in [2.45, 2.75) is 19.9 Å².